The summed E-state index contributed by atoms with van der Waals surface area (Å²) in [7, 11) is 0. The van der Waals surface area contributed by atoms with Crippen LogP contribution in [0.5, 0.6) is 5.75 Å². The van der Waals surface area contributed by atoms with Crippen LogP contribution in [0.4, 0.5) is 19.3 Å². The van der Waals surface area contributed by atoms with Crippen LogP contribution in [0.2, 0.25) is 0 Å². The summed E-state index contributed by atoms with van der Waals surface area (Å²) < 4.78 is 31.5. The predicted octanol–water partition coefficient (Wildman–Crippen LogP) is 2.63. The third-order valence-electron chi connectivity index (χ3n) is 3.32. The van der Waals surface area contributed by atoms with Crippen LogP contribution in [0.1, 0.15) is 5.56 Å². The number of anilines is 1. The van der Waals surface area contributed by atoms with E-state index in [0.717, 1.165) is 0 Å². The molecule has 0 aromatic heterocycles. The van der Waals surface area contributed by atoms with E-state index in [0.29, 0.717) is 18.0 Å². The van der Waals surface area contributed by atoms with Crippen LogP contribution in [0.15, 0.2) is 42.5 Å². The number of amides is 2. The molecular formula is C18H18F2N4O2. The Hall–Kier alpha value is -3.34. The first-order chi connectivity index (χ1) is 12.6. The quantitative estimate of drug-likeness (QED) is 0.632. The van der Waals surface area contributed by atoms with Gasteiger partial charge in [0.15, 0.2) is 0 Å². The molecule has 0 aliphatic rings. The maximum atomic E-state index is 13.4. The highest BCUT2D eigenvalue weighted by molar-refractivity contribution is 5.73. The van der Waals surface area contributed by atoms with Crippen LogP contribution in [0.25, 0.3) is 0 Å². The Morgan fingerprint density at radius 2 is 1.77 bits per heavy atom. The van der Waals surface area contributed by atoms with Crippen molar-refractivity contribution in [3.8, 4) is 11.8 Å². The lowest BCUT2D eigenvalue weighted by Crippen LogP contribution is -2.39. The van der Waals surface area contributed by atoms with Gasteiger partial charge in [-0.2, -0.15) is 5.26 Å². The van der Waals surface area contributed by atoms with Crippen molar-refractivity contribution in [3.05, 3.63) is 59.7 Å². The van der Waals surface area contributed by atoms with Crippen molar-refractivity contribution in [2.75, 3.05) is 31.6 Å². The van der Waals surface area contributed by atoms with Crippen LogP contribution >= 0.6 is 0 Å². The second-order valence-corrected chi connectivity index (χ2v) is 5.19. The van der Waals surface area contributed by atoms with Gasteiger partial charge in [-0.15, -0.1) is 0 Å². The minimum atomic E-state index is -0.593. The smallest absolute Gasteiger partial charge is 0.314 e. The van der Waals surface area contributed by atoms with Crippen molar-refractivity contribution in [3.63, 3.8) is 0 Å². The molecule has 3 N–H and O–H groups in total. The Bertz CT molecular complexity index is 776. The van der Waals surface area contributed by atoms with E-state index in [-0.39, 0.29) is 37.1 Å². The number of nitrogens with zero attached hydrogens (tertiary/aromatic N) is 1. The van der Waals surface area contributed by atoms with Crippen molar-refractivity contribution in [2.45, 2.75) is 0 Å². The number of ether oxygens (including phenoxy) is 1. The number of hydrogen-bond donors (Lipinski definition) is 3. The topological polar surface area (TPSA) is 86.2 Å². The molecule has 0 heterocycles. The van der Waals surface area contributed by atoms with Crippen LogP contribution < -0.4 is 20.7 Å². The summed E-state index contributed by atoms with van der Waals surface area (Å²) in [5.74, 6) is -0.422. The standard InChI is InChI=1S/C18H18F2N4O2/c19-13-4-6-14(7-5-13)26-11-10-24-18(25)23-9-8-22-17-3-1-2-16(20)15(17)12-21/h1-7,22H,8-11H2,(H2,23,24,25). The fourth-order valence-corrected chi connectivity index (χ4v) is 2.09. The molecule has 136 valence electrons. The van der Waals surface area contributed by atoms with Gasteiger partial charge in [-0.1, -0.05) is 6.07 Å². The molecular weight excluding hydrogens is 342 g/mol. The number of hydrogen-bond acceptors (Lipinski definition) is 4. The predicted molar refractivity (Wildman–Crippen MR) is 92.9 cm³/mol. The van der Waals surface area contributed by atoms with E-state index >= 15 is 0 Å². The second kappa shape index (κ2) is 9.84. The van der Waals surface area contributed by atoms with Crippen molar-refractivity contribution >= 4 is 11.7 Å². The number of benzene rings is 2. The van der Waals surface area contributed by atoms with Crippen molar-refractivity contribution in [2.24, 2.45) is 0 Å². The summed E-state index contributed by atoms with van der Waals surface area (Å²) >= 11 is 0. The third kappa shape index (κ3) is 5.94. The third-order valence-corrected chi connectivity index (χ3v) is 3.32. The van der Waals surface area contributed by atoms with E-state index in [2.05, 4.69) is 16.0 Å². The number of urea groups is 1. The van der Waals surface area contributed by atoms with Gasteiger partial charge in [0.05, 0.1) is 12.2 Å². The van der Waals surface area contributed by atoms with E-state index in [1.54, 1.807) is 12.1 Å². The van der Waals surface area contributed by atoms with E-state index < -0.39 is 5.82 Å². The van der Waals surface area contributed by atoms with E-state index in [1.165, 1.54) is 36.4 Å². The lowest BCUT2D eigenvalue weighted by atomic mass is 10.2. The molecule has 8 heteroatoms. The molecule has 2 aromatic carbocycles. The molecule has 0 saturated carbocycles. The second-order valence-electron chi connectivity index (χ2n) is 5.19. The Morgan fingerprint density at radius 3 is 2.50 bits per heavy atom. The molecule has 0 aliphatic heterocycles. The van der Waals surface area contributed by atoms with Crippen LogP contribution in [0, 0.1) is 23.0 Å². The lowest BCUT2D eigenvalue weighted by molar-refractivity contribution is 0.237. The molecule has 0 radical (unpaired) electrons. The van der Waals surface area contributed by atoms with E-state index in [1.807, 2.05) is 0 Å². The Morgan fingerprint density at radius 1 is 1.04 bits per heavy atom. The van der Waals surface area contributed by atoms with Gasteiger partial charge in [-0.25, -0.2) is 13.6 Å². The van der Waals surface area contributed by atoms with E-state index in [4.69, 9.17) is 10.00 Å². The summed E-state index contributed by atoms with van der Waals surface area (Å²) in [6.07, 6.45) is 0. The number of rotatable bonds is 8. The average molecular weight is 360 g/mol. The van der Waals surface area contributed by atoms with Gasteiger partial charge in [-0.3, -0.25) is 0 Å². The highest BCUT2D eigenvalue weighted by Gasteiger charge is 2.07. The SMILES string of the molecule is N#Cc1c(F)cccc1NCCNC(=O)NCCOc1ccc(F)cc1. The van der Waals surface area contributed by atoms with Crippen LogP contribution in [0.3, 0.4) is 0 Å². The van der Waals surface area contributed by atoms with Gasteiger partial charge < -0.3 is 20.7 Å². The largest absolute Gasteiger partial charge is 0.492 e. The summed E-state index contributed by atoms with van der Waals surface area (Å²) in [5.41, 5.74) is 0.317. The molecule has 2 rings (SSSR count). The highest BCUT2D eigenvalue weighted by Crippen LogP contribution is 2.17. The Balaban J connectivity index is 1.60. The monoisotopic (exact) mass is 360 g/mol. The maximum absolute atomic E-state index is 13.4. The molecule has 0 atom stereocenters. The zero-order chi connectivity index (χ0) is 18.8. The van der Waals surface area contributed by atoms with Crippen molar-refractivity contribution in [1.29, 1.82) is 5.26 Å². The van der Waals surface area contributed by atoms with E-state index in [9.17, 15) is 13.6 Å². The minimum absolute atomic E-state index is 0.0603. The fourth-order valence-electron chi connectivity index (χ4n) is 2.09. The number of carbonyl (C=O) groups is 1. The number of nitriles is 1. The molecule has 2 aromatic rings. The number of nitrogens with one attached hydrogen (secondary N) is 3. The van der Waals surface area contributed by atoms with Gasteiger partial charge in [0.25, 0.3) is 0 Å². The average Bonchev–Trinajstić information content (AvgIpc) is 2.64. The van der Waals surface area contributed by atoms with Crippen molar-refractivity contribution in [1.82, 2.24) is 10.6 Å². The summed E-state index contributed by atoms with van der Waals surface area (Å²) in [4.78, 5) is 11.6. The van der Waals surface area contributed by atoms with Crippen LogP contribution in [-0.4, -0.2) is 32.3 Å². The normalized spacial score (nSPS) is 9.88. The number of halogens is 2. The Kier molecular flexibility index (Phi) is 7.18. The van der Waals surface area contributed by atoms with Crippen LogP contribution in [-0.2, 0) is 0 Å². The first kappa shape index (κ1) is 19.0. The lowest BCUT2D eigenvalue weighted by Gasteiger charge is -2.11. The summed E-state index contributed by atoms with van der Waals surface area (Å²) in [5, 5.41) is 17.0. The summed E-state index contributed by atoms with van der Waals surface area (Å²) in [6, 6.07) is 11.3. The molecule has 0 bridgehead atoms. The molecule has 26 heavy (non-hydrogen) atoms. The summed E-state index contributed by atoms with van der Waals surface area (Å²) in [6.45, 7) is 1.13. The molecule has 2 amide bonds. The zero-order valence-electron chi connectivity index (χ0n) is 13.9. The maximum Gasteiger partial charge on any atom is 0.314 e. The minimum Gasteiger partial charge on any atom is -0.492 e. The first-order valence-electron chi connectivity index (χ1n) is 7.92. The molecule has 0 saturated heterocycles. The highest BCUT2D eigenvalue weighted by atomic mass is 19.1. The van der Waals surface area contributed by atoms with Gasteiger partial charge >= 0.3 is 6.03 Å². The molecule has 0 spiro atoms. The molecule has 0 aliphatic carbocycles. The number of carbonyl (C=O) groups excluding carboxylic acids is 1. The molecule has 6 nitrogen and oxygen atoms in total. The molecule has 0 unspecified atom stereocenters. The van der Waals surface area contributed by atoms with Gasteiger partial charge in [0.2, 0.25) is 0 Å². The van der Waals surface area contributed by atoms with Gasteiger partial charge in [0.1, 0.15) is 35.6 Å². The molecule has 0 fully saturated rings. The van der Waals surface area contributed by atoms with Gasteiger partial charge in [0, 0.05) is 13.1 Å². The first-order valence-corrected chi connectivity index (χ1v) is 7.92. The van der Waals surface area contributed by atoms with Crippen molar-refractivity contribution < 1.29 is 18.3 Å². The fraction of sp³-hybridized carbons (Fsp3) is 0.222. The van der Waals surface area contributed by atoms with Gasteiger partial charge in [-0.05, 0) is 36.4 Å². The zero-order valence-corrected chi connectivity index (χ0v) is 13.9. The Labute approximate surface area is 149 Å².